The predicted molar refractivity (Wildman–Crippen MR) is 46.5 cm³/mol. The van der Waals surface area contributed by atoms with Gasteiger partial charge in [0.15, 0.2) is 0 Å². The van der Waals surface area contributed by atoms with Crippen LogP contribution >= 0.6 is 0 Å². The van der Waals surface area contributed by atoms with Gasteiger partial charge in [0.25, 0.3) is 0 Å². The standard InChI is InChI=1S/C9H7FN2O2/c1-14-9(13)7-3-2-6-4-5-11-12(6)8(7)10/h2-5H,1H3. The van der Waals surface area contributed by atoms with E-state index < -0.39 is 11.9 Å². The van der Waals surface area contributed by atoms with Crippen molar-refractivity contribution in [3.05, 3.63) is 35.9 Å². The fourth-order valence-electron chi connectivity index (χ4n) is 1.22. The zero-order valence-corrected chi connectivity index (χ0v) is 7.40. The fourth-order valence-corrected chi connectivity index (χ4v) is 1.22. The minimum absolute atomic E-state index is 0.122. The van der Waals surface area contributed by atoms with Crippen LogP contribution in [0.3, 0.4) is 0 Å². The first kappa shape index (κ1) is 8.68. The number of carbonyl (C=O) groups excluding carboxylic acids is 1. The van der Waals surface area contributed by atoms with Crippen LogP contribution in [-0.4, -0.2) is 22.7 Å². The third kappa shape index (κ3) is 1.14. The molecule has 0 atom stereocenters. The number of rotatable bonds is 1. The summed E-state index contributed by atoms with van der Waals surface area (Å²) in [5, 5.41) is 3.73. The molecule has 0 saturated heterocycles. The topological polar surface area (TPSA) is 43.6 Å². The van der Waals surface area contributed by atoms with Crippen molar-refractivity contribution in [2.24, 2.45) is 0 Å². The Hall–Kier alpha value is -1.91. The summed E-state index contributed by atoms with van der Waals surface area (Å²) in [5.41, 5.74) is 0.471. The van der Waals surface area contributed by atoms with Gasteiger partial charge in [-0.2, -0.15) is 9.49 Å². The van der Waals surface area contributed by atoms with Gasteiger partial charge in [-0.25, -0.2) is 9.31 Å². The van der Waals surface area contributed by atoms with Gasteiger partial charge in [-0.1, -0.05) is 0 Å². The van der Waals surface area contributed by atoms with E-state index >= 15 is 0 Å². The molecule has 2 aromatic rings. The minimum Gasteiger partial charge on any atom is -0.465 e. The number of hydrogen-bond donors (Lipinski definition) is 0. The Labute approximate surface area is 78.9 Å². The van der Waals surface area contributed by atoms with Crippen LogP contribution in [0.4, 0.5) is 4.39 Å². The van der Waals surface area contributed by atoms with Gasteiger partial charge in [-0.05, 0) is 18.2 Å². The van der Waals surface area contributed by atoms with E-state index in [1.54, 1.807) is 12.1 Å². The number of nitrogens with zero attached hydrogens (tertiary/aromatic N) is 2. The van der Waals surface area contributed by atoms with E-state index in [2.05, 4.69) is 9.84 Å². The minimum atomic E-state index is -0.709. The monoisotopic (exact) mass is 194 g/mol. The number of esters is 1. The predicted octanol–water partition coefficient (Wildman–Crippen LogP) is 1.26. The Morgan fingerprint density at radius 1 is 1.50 bits per heavy atom. The third-order valence-electron chi connectivity index (χ3n) is 1.91. The lowest BCUT2D eigenvalue weighted by atomic mass is 10.2. The normalized spacial score (nSPS) is 10.4. The SMILES string of the molecule is COC(=O)c1ccc2ccnn2c1F. The summed E-state index contributed by atoms with van der Waals surface area (Å²) in [5.74, 6) is -1.42. The molecule has 72 valence electrons. The smallest absolute Gasteiger partial charge is 0.342 e. The van der Waals surface area contributed by atoms with E-state index in [4.69, 9.17) is 0 Å². The van der Waals surface area contributed by atoms with Gasteiger partial charge in [-0.3, -0.25) is 0 Å². The van der Waals surface area contributed by atoms with Crippen molar-refractivity contribution in [1.82, 2.24) is 9.61 Å². The Kier molecular flexibility index (Phi) is 1.92. The Balaban J connectivity index is 2.67. The van der Waals surface area contributed by atoms with Crippen molar-refractivity contribution in [2.75, 3.05) is 7.11 Å². The lowest BCUT2D eigenvalue weighted by Gasteiger charge is -2.02. The van der Waals surface area contributed by atoms with E-state index in [0.717, 1.165) is 4.52 Å². The largest absolute Gasteiger partial charge is 0.465 e. The molecule has 0 aliphatic carbocycles. The zero-order valence-electron chi connectivity index (χ0n) is 7.40. The lowest BCUT2D eigenvalue weighted by Crippen LogP contribution is -2.08. The second-order valence-corrected chi connectivity index (χ2v) is 2.70. The molecular weight excluding hydrogens is 187 g/mol. The van der Waals surface area contributed by atoms with Gasteiger partial charge in [0, 0.05) is 0 Å². The van der Waals surface area contributed by atoms with Crippen LogP contribution in [0.2, 0.25) is 0 Å². The molecule has 0 aliphatic rings. The summed E-state index contributed by atoms with van der Waals surface area (Å²) >= 11 is 0. The molecule has 5 heteroatoms. The van der Waals surface area contributed by atoms with Crippen LogP contribution in [-0.2, 0) is 4.74 Å². The lowest BCUT2D eigenvalue weighted by molar-refractivity contribution is 0.0593. The van der Waals surface area contributed by atoms with Gasteiger partial charge >= 0.3 is 5.97 Å². The second kappa shape index (κ2) is 3.10. The van der Waals surface area contributed by atoms with Crippen molar-refractivity contribution in [1.29, 1.82) is 0 Å². The summed E-state index contributed by atoms with van der Waals surface area (Å²) in [4.78, 5) is 11.1. The Morgan fingerprint density at radius 2 is 2.29 bits per heavy atom. The van der Waals surface area contributed by atoms with E-state index in [1.165, 1.54) is 19.4 Å². The van der Waals surface area contributed by atoms with Crippen LogP contribution in [0, 0.1) is 5.95 Å². The number of halogens is 1. The first-order valence-corrected chi connectivity index (χ1v) is 3.94. The van der Waals surface area contributed by atoms with Crippen molar-refractivity contribution >= 4 is 11.5 Å². The van der Waals surface area contributed by atoms with Crippen molar-refractivity contribution in [3.63, 3.8) is 0 Å². The summed E-state index contributed by atoms with van der Waals surface area (Å²) in [6.07, 6.45) is 1.46. The third-order valence-corrected chi connectivity index (χ3v) is 1.91. The summed E-state index contributed by atoms with van der Waals surface area (Å²) < 4.78 is 19.0. The van der Waals surface area contributed by atoms with E-state index in [-0.39, 0.29) is 5.56 Å². The van der Waals surface area contributed by atoms with E-state index in [1.807, 2.05) is 0 Å². The molecule has 0 bridgehead atoms. The molecule has 0 amide bonds. The average Bonchev–Trinajstić information content (AvgIpc) is 2.66. The van der Waals surface area contributed by atoms with Crippen LogP contribution in [0.5, 0.6) is 0 Å². The number of pyridine rings is 1. The highest BCUT2D eigenvalue weighted by Crippen LogP contribution is 2.11. The molecule has 0 aromatic carbocycles. The summed E-state index contributed by atoms with van der Waals surface area (Å²) in [6.45, 7) is 0. The molecule has 4 nitrogen and oxygen atoms in total. The number of methoxy groups -OCH3 is 1. The van der Waals surface area contributed by atoms with E-state index in [0.29, 0.717) is 5.52 Å². The van der Waals surface area contributed by atoms with Crippen molar-refractivity contribution < 1.29 is 13.9 Å². The number of aromatic nitrogens is 2. The highest BCUT2D eigenvalue weighted by molar-refractivity contribution is 5.89. The van der Waals surface area contributed by atoms with Crippen molar-refractivity contribution in [2.45, 2.75) is 0 Å². The quantitative estimate of drug-likeness (QED) is 0.507. The van der Waals surface area contributed by atoms with E-state index in [9.17, 15) is 9.18 Å². The first-order valence-electron chi connectivity index (χ1n) is 3.94. The Bertz CT molecular complexity index is 493. The van der Waals surface area contributed by atoms with Gasteiger partial charge in [0.05, 0.1) is 18.8 Å². The summed E-state index contributed by atoms with van der Waals surface area (Å²) in [7, 11) is 1.20. The number of fused-ring (bicyclic) bond motifs is 1. The fraction of sp³-hybridized carbons (Fsp3) is 0.111. The molecule has 0 N–H and O–H groups in total. The molecule has 0 radical (unpaired) electrons. The summed E-state index contributed by atoms with van der Waals surface area (Å²) in [6, 6.07) is 4.62. The molecule has 0 aliphatic heterocycles. The maximum atomic E-state index is 13.5. The molecule has 2 aromatic heterocycles. The molecule has 2 heterocycles. The highest BCUT2D eigenvalue weighted by Gasteiger charge is 2.14. The average molecular weight is 194 g/mol. The zero-order chi connectivity index (χ0) is 10.1. The van der Waals surface area contributed by atoms with Crippen molar-refractivity contribution in [3.8, 4) is 0 Å². The van der Waals surface area contributed by atoms with Gasteiger partial charge in [-0.15, -0.1) is 0 Å². The molecular formula is C9H7FN2O2. The molecule has 0 spiro atoms. The number of carbonyl (C=O) groups is 1. The number of hydrogen-bond acceptors (Lipinski definition) is 3. The second-order valence-electron chi connectivity index (χ2n) is 2.70. The maximum Gasteiger partial charge on any atom is 0.342 e. The van der Waals surface area contributed by atoms with Crippen LogP contribution in [0.1, 0.15) is 10.4 Å². The number of ether oxygens (including phenoxy) is 1. The molecule has 0 fully saturated rings. The van der Waals surface area contributed by atoms with Crippen LogP contribution in [0.25, 0.3) is 5.52 Å². The van der Waals surface area contributed by atoms with Gasteiger partial charge in [0.2, 0.25) is 5.95 Å². The molecule has 0 saturated carbocycles. The molecule has 2 rings (SSSR count). The first-order chi connectivity index (χ1) is 6.74. The van der Waals surface area contributed by atoms with Crippen LogP contribution in [0.15, 0.2) is 24.4 Å². The molecule has 0 unspecified atom stereocenters. The van der Waals surface area contributed by atoms with Gasteiger partial charge < -0.3 is 4.74 Å². The van der Waals surface area contributed by atoms with Gasteiger partial charge in [0.1, 0.15) is 5.56 Å². The Morgan fingerprint density at radius 3 is 3.00 bits per heavy atom. The van der Waals surface area contributed by atoms with Crippen LogP contribution < -0.4 is 0 Å². The molecule has 14 heavy (non-hydrogen) atoms. The highest BCUT2D eigenvalue weighted by atomic mass is 19.1. The maximum absolute atomic E-state index is 13.5.